The number of fused-ring (bicyclic) bond motifs is 7. The van der Waals surface area contributed by atoms with Crippen molar-refractivity contribution in [3.8, 4) is 11.4 Å². The lowest BCUT2D eigenvalue weighted by molar-refractivity contribution is 0.936. The van der Waals surface area contributed by atoms with Crippen LogP contribution in [-0.4, -0.2) is 37.8 Å². The van der Waals surface area contributed by atoms with Crippen LogP contribution in [0.4, 0.5) is 17.3 Å². The fraction of sp³-hybridized carbons (Fsp3) is 0.0571. The minimum atomic E-state index is 0.696. The topological polar surface area (TPSA) is 55.0 Å². The minimum Gasteiger partial charge on any atom is -0.338 e. The first-order valence-electron chi connectivity index (χ1n) is 14.0. The Bertz CT molecular complexity index is 2280. The maximum absolute atomic E-state index is 4.80. The molecule has 7 heteroatoms. The van der Waals surface area contributed by atoms with Crippen LogP contribution in [0.1, 0.15) is 0 Å². The van der Waals surface area contributed by atoms with Gasteiger partial charge in [-0.25, -0.2) is 15.0 Å². The van der Waals surface area contributed by atoms with Crippen LogP contribution in [0.3, 0.4) is 0 Å². The summed E-state index contributed by atoms with van der Waals surface area (Å²) in [5, 5.41) is 4.79. The Morgan fingerprint density at radius 2 is 1.17 bits per heavy atom. The summed E-state index contributed by atoms with van der Waals surface area (Å²) in [6, 6.07) is 36.8. The summed E-state index contributed by atoms with van der Waals surface area (Å²) in [5.74, 6) is 1.77. The molecule has 5 heterocycles. The molecular formula is C35H25N7. The van der Waals surface area contributed by atoms with Crippen LogP contribution in [0.2, 0.25) is 0 Å². The van der Waals surface area contributed by atoms with E-state index in [-0.39, 0.29) is 0 Å². The second-order valence-electron chi connectivity index (χ2n) is 10.8. The van der Waals surface area contributed by atoms with Crippen molar-refractivity contribution in [3.05, 3.63) is 122 Å². The maximum Gasteiger partial charge on any atom is 0.178 e. The number of hydrogen-bond donors (Lipinski definition) is 0. The molecule has 7 nitrogen and oxygen atoms in total. The number of nitrogens with zero attached hydrogens (tertiary/aromatic N) is 7. The fourth-order valence-corrected chi connectivity index (χ4v) is 6.57. The van der Waals surface area contributed by atoms with E-state index >= 15 is 0 Å². The molecule has 0 spiro atoms. The summed E-state index contributed by atoms with van der Waals surface area (Å²) < 4.78 is 4.64. The molecule has 0 saturated heterocycles. The Kier molecular flexibility index (Phi) is 4.75. The van der Waals surface area contributed by atoms with E-state index in [2.05, 4.69) is 133 Å². The minimum absolute atomic E-state index is 0.696. The smallest absolute Gasteiger partial charge is 0.178 e. The zero-order valence-electron chi connectivity index (χ0n) is 22.9. The number of hydrogen-bond acceptors (Lipinski definition) is 5. The summed E-state index contributed by atoms with van der Waals surface area (Å²) in [4.78, 5) is 18.4. The zero-order chi connectivity index (χ0) is 27.8. The highest BCUT2D eigenvalue weighted by molar-refractivity contribution is 6.11. The van der Waals surface area contributed by atoms with E-state index < -0.39 is 0 Å². The Morgan fingerprint density at radius 3 is 2.00 bits per heavy atom. The lowest BCUT2D eigenvalue weighted by atomic mass is 10.1. The Hall–Kier alpha value is -5.69. The van der Waals surface area contributed by atoms with Gasteiger partial charge in [-0.15, -0.1) is 0 Å². The van der Waals surface area contributed by atoms with Gasteiger partial charge in [0.2, 0.25) is 0 Å². The molecule has 0 atom stereocenters. The van der Waals surface area contributed by atoms with Gasteiger partial charge in [0, 0.05) is 64.2 Å². The van der Waals surface area contributed by atoms with Crippen molar-refractivity contribution in [3.63, 3.8) is 0 Å². The SMILES string of the molecule is CN1CN(c2ccc3c4ccccc4n(-c4cccc(-n5c6ccccc6c6cccnc65)c4)c3c2)c2nccnc21. The molecule has 0 bridgehead atoms. The second kappa shape index (κ2) is 8.65. The summed E-state index contributed by atoms with van der Waals surface area (Å²) in [5.41, 5.74) is 7.66. The van der Waals surface area contributed by atoms with Gasteiger partial charge in [0.15, 0.2) is 11.6 Å². The van der Waals surface area contributed by atoms with E-state index in [9.17, 15) is 0 Å². The van der Waals surface area contributed by atoms with Crippen LogP contribution in [0.5, 0.6) is 0 Å². The molecule has 0 aliphatic carbocycles. The van der Waals surface area contributed by atoms with E-state index in [1.807, 2.05) is 12.3 Å². The fourth-order valence-electron chi connectivity index (χ4n) is 6.57. The third kappa shape index (κ3) is 3.19. The highest BCUT2D eigenvalue weighted by Gasteiger charge is 2.27. The van der Waals surface area contributed by atoms with Crippen molar-refractivity contribution in [2.45, 2.75) is 0 Å². The standard InChI is InChI=1S/C35H25N7/c1-39-22-40(35-34(39)37-18-19-38-35)23-15-16-28-26-10-2-4-13-30(26)41(32(28)21-23)24-8-6-9-25(20-24)42-31-14-5-3-11-27(31)29-12-7-17-36-33(29)42/h2-21H,22H2,1H3. The Morgan fingerprint density at radius 1 is 0.500 bits per heavy atom. The molecule has 200 valence electrons. The predicted octanol–water partition coefficient (Wildman–Crippen LogP) is 7.61. The van der Waals surface area contributed by atoms with Crippen molar-refractivity contribution < 1.29 is 0 Å². The van der Waals surface area contributed by atoms with Crippen molar-refractivity contribution in [2.75, 3.05) is 23.5 Å². The molecule has 0 fully saturated rings. The van der Waals surface area contributed by atoms with Gasteiger partial charge in [0.25, 0.3) is 0 Å². The predicted molar refractivity (Wildman–Crippen MR) is 170 cm³/mol. The van der Waals surface area contributed by atoms with Gasteiger partial charge >= 0.3 is 0 Å². The number of benzene rings is 4. The summed E-state index contributed by atoms with van der Waals surface area (Å²) >= 11 is 0. The molecule has 0 radical (unpaired) electrons. The molecule has 1 aliphatic rings. The average Bonchev–Trinajstić information content (AvgIpc) is 3.68. The van der Waals surface area contributed by atoms with Crippen molar-refractivity contribution in [1.29, 1.82) is 0 Å². The van der Waals surface area contributed by atoms with Crippen LogP contribution in [-0.2, 0) is 0 Å². The van der Waals surface area contributed by atoms with Crippen molar-refractivity contribution in [1.82, 2.24) is 24.1 Å². The molecule has 42 heavy (non-hydrogen) atoms. The number of anilines is 3. The van der Waals surface area contributed by atoms with Crippen LogP contribution in [0.15, 0.2) is 122 Å². The van der Waals surface area contributed by atoms with Gasteiger partial charge < -0.3 is 14.4 Å². The van der Waals surface area contributed by atoms with Crippen molar-refractivity contribution in [2.24, 2.45) is 0 Å². The molecule has 0 N–H and O–H groups in total. The molecule has 0 amide bonds. The lowest BCUT2D eigenvalue weighted by Crippen LogP contribution is -2.24. The highest BCUT2D eigenvalue weighted by Crippen LogP contribution is 2.40. The van der Waals surface area contributed by atoms with Gasteiger partial charge in [0.05, 0.1) is 23.2 Å². The third-order valence-corrected chi connectivity index (χ3v) is 8.38. The molecule has 4 aromatic heterocycles. The van der Waals surface area contributed by atoms with Crippen LogP contribution >= 0.6 is 0 Å². The summed E-state index contributed by atoms with van der Waals surface area (Å²) in [6.07, 6.45) is 5.38. The van der Waals surface area contributed by atoms with Crippen LogP contribution in [0.25, 0.3) is 55.1 Å². The van der Waals surface area contributed by atoms with Gasteiger partial charge in [-0.3, -0.25) is 4.57 Å². The number of rotatable bonds is 3. The van der Waals surface area contributed by atoms with Gasteiger partial charge in [-0.05, 0) is 54.6 Å². The second-order valence-corrected chi connectivity index (χ2v) is 10.8. The van der Waals surface area contributed by atoms with Gasteiger partial charge in [-0.2, -0.15) is 0 Å². The first-order valence-corrected chi connectivity index (χ1v) is 14.0. The summed E-state index contributed by atoms with van der Waals surface area (Å²) in [7, 11) is 2.05. The maximum atomic E-state index is 4.80. The van der Waals surface area contributed by atoms with E-state index in [0.717, 1.165) is 50.8 Å². The summed E-state index contributed by atoms with van der Waals surface area (Å²) in [6.45, 7) is 0.696. The van der Waals surface area contributed by atoms with Gasteiger partial charge in [0.1, 0.15) is 5.65 Å². The zero-order valence-corrected chi connectivity index (χ0v) is 22.9. The molecule has 0 unspecified atom stereocenters. The number of para-hydroxylation sites is 2. The molecule has 4 aromatic carbocycles. The normalized spacial score (nSPS) is 13.2. The molecule has 1 aliphatic heterocycles. The van der Waals surface area contributed by atoms with Crippen molar-refractivity contribution >= 4 is 61.1 Å². The van der Waals surface area contributed by atoms with E-state index in [1.54, 1.807) is 12.4 Å². The molecule has 0 saturated carbocycles. The number of aromatic nitrogens is 5. The van der Waals surface area contributed by atoms with E-state index in [1.165, 1.54) is 21.7 Å². The third-order valence-electron chi connectivity index (χ3n) is 8.38. The Labute approximate surface area is 241 Å². The largest absolute Gasteiger partial charge is 0.338 e. The van der Waals surface area contributed by atoms with E-state index in [4.69, 9.17) is 4.98 Å². The van der Waals surface area contributed by atoms with Crippen LogP contribution in [0, 0.1) is 0 Å². The average molecular weight is 544 g/mol. The monoisotopic (exact) mass is 543 g/mol. The quantitative estimate of drug-likeness (QED) is 0.230. The lowest BCUT2D eigenvalue weighted by Gasteiger charge is -2.19. The molecular weight excluding hydrogens is 518 g/mol. The highest BCUT2D eigenvalue weighted by atomic mass is 15.4. The first kappa shape index (κ1) is 23.1. The number of pyridine rings is 1. The first-order chi connectivity index (χ1) is 20.8. The van der Waals surface area contributed by atoms with E-state index in [0.29, 0.717) is 6.67 Å². The molecule has 9 rings (SSSR count). The Balaban J connectivity index is 1.28. The molecule has 8 aromatic rings. The van der Waals surface area contributed by atoms with Gasteiger partial charge in [-0.1, -0.05) is 48.5 Å². The van der Waals surface area contributed by atoms with Crippen LogP contribution < -0.4 is 9.80 Å².